The molecule has 0 aliphatic carbocycles. The van der Waals surface area contributed by atoms with Gasteiger partial charge in [0.25, 0.3) is 0 Å². The molecule has 18 heavy (non-hydrogen) atoms. The predicted molar refractivity (Wildman–Crippen MR) is 70.0 cm³/mol. The van der Waals surface area contributed by atoms with Crippen LogP contribution in [0.4, 0.5) is 10.1 Å². The Bertz CT molecular complexity index is 470. The lowest BCUT2D eigenvalue weighted by molar-refractivity contribution is 0.305. The number of benzene rings is 1. The van der Waals surface area contributed by atoms with Crippen LogP contribution in [-0.4, -0.2) is 25.7 Å². The van der Waals surface area contributed by atoms with E-state index in [0.717, 1.165) is 31.6 Å². The van der Waals surface area contributed by atoms with Gasteiger partial charge in [-0.05, 0) is 45.0 Å². The standard InChI is InChI=1S/C14H18FN3/c1-14(17-2)5-7-18(8-6-14)13-4-3-12(15)9-11(13)10-16/h3-4,9,17H,5-8H2,1-2H3. The Hall–Kier alpha value is -1.60. The Morgan fingerprint density at radius 3 is 2.61 bits per heavy atom. The molecule has 96 valence electrons. The molecule has 1 N–H and O–H groups in total. The van der Waals surface area contributed by atoms with E-state index in [9.17, 15) is 4.39 Å². The normalized spacial score (nSPS) is 18.4. The van der Waals surface area contributed by atoms with Crippen molar-refractivity contribution >= 4 is 5.69 Å². The van der Waals surface area contributed by atoms with Gasteiger partial charge >= 0.3 is 0 Å². The zero-order valence-corrected chi connectivity index (χ0v) is 10.8. The van der Waals surface area contributed by atoms with Crippen molar-refractivity contribution in [3.8, 4) is 6.07 Å². The lowest BCUT2D eigenvalue weighted by atomic mass is 9.89. The molecule has 0 bridgehead atoms. The van der Waals surface area contributed by atoms with Crippen molar-refractivity contribution in [1.82, 2.24) is 5.32 Å². The average Bonchev–Trinajstić information content (AvgIpc) is 2.40. The fourth-order valence-electron chi connectivity index (χ4n) is 2.36. The van der Waals surface area contributed by atoms with Gasteiger partial charge < -0.3 is 10.2 Å². The molecule has 0 spiro atoms. The van der Waals surface area contributed by atoms with Gasteiger partial charge in [0, 0.05) is 18.6 Å². The molecule has 1 aliphatic rings. The van der Waals surface area contributed by atoms with Crippen molar-refractivity contribution in [2.75, 3.05) is 25.0 Å². The highest BCUT2D eigenvalue weighted by Crippen LogP contribution is 2.28. The maximum atomic E-state index is 13.1. The molecule has 0 atom stereocenters. The van der Waals surface area contributed by atoms with Crippen LogP contribution in [-0.2, 0) is 0 Å². The Morgan fingerprint density at radius 2 is 2.06 bits per heavy atom. The van der Waals surface area contributed by atoms with Crippen LogP contribution in [0.5, 0.6) is 0 Å². The summed E-state index contributed by atoms with van der Waals surface area (Å²) in [6, 6.07) is 6.50. The molecular weight excluding hydrogens is 229 g/mol. The Morgan fingerprint density at radius 1 is 1.39 bits per heavy atom. The number of nitrogens with one attached hydrogen (secondary N) is 1. The number of rotatable bonds is 2. The first-order chi connectivity index (χ1) is 8.58. The maximum Gasteiger partial charge on any atom is 0.124 e. The van der Waals surface area contributed by atoms with E-state index >= 15 is 0 Å². The van der Waals surface area contributed by atoms with E-state index in [-0.39, 0.29) is 11.4 Å². The summed E-state index contributed by atoms with van der Waals surface area (Å²) >= 11 is 0. The summed E-state index contributed by atoms with van der Waals surface area (Å²) < 4.78 is 13.1. The summed E-state index contributed by atoms with van der Waals surface area (Å²) in [6.07, 6.45) is 2.04. The Labute approximate surface area is 107 Å². The second kappa shape index (κ2) is 4.95. The van der Waals surface area contributed by atoms with Gasteiger partial charge in [-0.3, -0.25) is 0 Å². The smallest absolute Gasteiger partial charge is 0.124 e. The van der Waals surface area contributed by atoms with Gasteiger partial charge in [-0.2, -0.15) is 5.26 Å². The Balaban J connectivity index is 2.18. The van der Waals surface area contributed by atoms with Crippen LogP contribution in [0.15, 0.2) is 18.2 Å². The van der Waals surface area contributed by atoms with Crippen molar-refractivity contribution in [1.29, 1.82) is 5.26 Å². The SMILES string of the molecule is CNC1(C)CCN(c2ccc(F)cc2C#N)CC1. The number of hydrogen-bond donors (Lipinski definition) is 1. The van der Waals surface area contributed by atoms with Crippen molar-refractivity contribution in [2.45, 2.75) is 25.3 Å². The minimum atomic E-state index is -0.354. The van der Waals surface area contributed by atoms with Gasteiger partial charge in [0.1, 0.15) is 11.9 Å². The van der Waals surface area contributed by atoms with Crippen LogP contribution < -0.4 is 10.2 Å². The molecule has 1 aliphatic heterocycles. The number of hydrogen-bond acceptors (Lipinski definition) is 3. The minimum Gasteiger partial charge on any atom is -0.370 e. The molecule has 1 saturated heterocycles. The number of piperidine rings is 1. The molecule has 1 aromatic rings. The maximum absolute atomic E-state index is 13.1. The van der Waals surface area contributed by atoms with Crippen molar-refractivity contribution in [3.05, 3.63) is 29.6 Å². The summed E-state index contributed by atoms with van der Waals surface area (Å²) in [6.45, 7) is 3.98. The van der Waals surface area contributed by atoms with E-state index in [2.05, 4.69) is 23.2 Å². The predicted octanol–water partition coefficient (Wildman–Crippen LogP) is 2.28. The van der Waals surface area contributed by atoms with E-state index in [1.54, 1.807) is 6.07 Å². The third kappa shape index (κ3) is 2.46. The number of nitriles is 1. The molecule has 2 rings (SSSR count). The Kier molecular flexibility index (Phi) is 3.53. The van der Waals surface area contributed by atoms with Crippen LogP contribution in [0.2, 0.25) is 0 Å². The van der Waals surface area contributed by atoms with E-state index in [1.807, 2.05) is 7.05 Å². The molecule has 1 fully saturated rings. The largest absolute Gasteiger partial charge is 0.370 e. The lowest BCUT2D eigenvalue weighted by Gasteiger charge is -2.40. The summed E-state index contributed by atoms with van der Waals surface area (Å²) in [5, 5.41) is 12.4. The van der Waals surface area contributed by atoms with Crippen molar-refractivity contribution in [2.24, 2.45) is 0 Å². The fraction of sp³-hybridized carbons (Fsp3) is 0.500. The topological polar surface area (TPSA) is 39.1 Å². The molecule has 0 radical (unpaired) electrons. The third-order valence-electron chi connectivity index (χ3n) is 3.89. The van der Waals surface area contributed by atoms with Gasteiger partial charge in [0.05, 0.1) is 11.3 Å². The molecule has 0 aromatic heterocycles. The first-order valence-corrected chi connectivity index (χ1v) is 6.21. The molecule has 0 unspecified atom stereocenters. The lowest BCUT2D eigenvalue weighted by Crippen LogP contribution is -2.50. The van der Waals surface area contributed by atoms with Gasteiger partial charge in [-0.15, -0.1) is 0 Å². The summed E-state index contributed by atoms with van der Waals surface area (Å²) in [5.41, 5.74) is 1.43. The molecule has 3 nitrogen and oxygen atoms in total. The highest BCUT2D eigenvalue weighted by molar-refractivity contribution is 5.59. The monoisotopic (exact) mass is 247 g/mol. The summed E-state index contributed by atoms with van der Waals surface area (Å²) in [4.78, 5) is 2.16. The van der Waals surface area contributed by atoms with Crippen LogP contribution >= 0.6 is 0 Å². The van der Waals surface area contributed by atoms with Gasteiger partial charge in [0.15, 0.2) is 0 Å². The van der Waals surface area contributed by atoms with Gasteiger partial charge in [0.2, 0.25) is 0 Å². The van der Waals surface area contributed by atoms with Crippen molar-refractivity contribution in [3.63, 3.8) is 0 Å². The highest BCUT2D eigenvalue weighted by atomic mass is 19.1. The van der Waals surface area contributed by atoms with Crippen LogP contribution in [0.1, 0.15) is 25.3 Å². The van der Waals surface area contributed by atoms with Gasteiger partial charge in [-0.25, -0.2) is 4.39 Å². The molecule has 1 aromatic carbocycles. The first-order valence-electron chi connectivity index (χ1n) is 6.21. The summed E-state index contributed by atoms with van der Waals surface area (Å²) in [5.74, 6) is -0.354. The number of halogens is 1. The number of anilines is 1. The van der Waals surface area contributed by atoms with Crippen LogP contribution in [0.25, 0.3) is 0 Å². The van der Waals surface area contributed by atoms with E-state index in [4.69, 9.17) is 5.26 Å². The minimum absolute atomic E-state index is 0.170. The van der Waals surface area contributed by atoms with E-state index in [0.29, 0.717) is 5.56 Å². The zero-order chi connectivity index (χ0) is 13.2. The molecule has 0 saturated carbocycles. The van der Waals surface area contributed by atoms with Crippen molar-refractivity contribution < 1.29 is 4.39 Å². The summed E-state index contributed by atoms with van der Waals surface area (Å²) in [7, 11) is 1.98. The fourth-order valence-corrected chi connectivity index (χ4v) is 2.36. The van der Waals surface area contributed by atoms with Crippen LogP contribution in [0, 0.1) is 17.1 Å². The van der Waals surface area contributed by atoms with Crippen LogP contribution in [0.3, 0.4) is 0 Å². The molecular formula is C14H18FN3. The van der Waals surface area contributed by atoms with E-state index in [1.165, 1.54) is 12.1 Å². The second-order valence-corrected chi connectivity index (χ2v) is 5.07. The quantitative estimate of drug-likeness (QED) is 0.871. The molecule has 0 amide bonds. The molecule has 1 heterocycles. The van der Waals surface area contributed by atoms with E-state index < -0.39 is 0 Å². The van der Waals surface area contributed by atoms with Gasteiger partial charge in [-0.1, -0.05) is 0 Å². The number of nitrogens with zero attached hydrogens (tertiary/aromatic N) is 2. The third-order valence-corrected chi connectivity index (χ3v) is 3.89. The zero-order valence-electron chi connectivity index (χ0n) is 10.8. The first kappa shape index (κ1) is 12.8. The average molecular weight is 247 g/mol. The highest BCUT2D eigenvalue weighted by Gasteiger charge is 2.29. The molecule has 4 heteroatoms. The second-order valence-electron chi connectivity index (χ2n) is 5.07.